The molecule has 6 rings (SSSR count). The van der Waals surface area contributed by atoms with Crippen LogP contribution in [0.1, 0.15) is 0 Å². The Morgan fingerprint density at radius 1 is 0.270 bits per heavy atom. The van der Waals surface area contributed by atoms with Gasteiger partial charge in [-0.25, -0.2) is 0 Å². The van der Waals surface area contributed by atoms with Gasteiger partial charge in [0.05, 0.1) is 22.8 Å². The van der Waals surface area contributed by atoms with Crippen LogP contribution in [0.2, 0.25) is 0 Å². The summed E-state index contributed by atoms with van der Waals surface area (Å²) in [6, 6.07) is 40.5. The second-order valence-electron chi connectivity index (χ2n) is 7.97. The van der Waals surface area contributed by atoms with Gasteiger partial charge in [-0.3, -0.25) is 19.9 Å². The summed E-state index contributed by atoms with van der Waals surface area (Å²) < 4.78 is 0. The number of hydrogen-bond acceptors (Lipinski definition) is 4. The van der Waals surface area contributed by atoms with Crippen LogP contribution in [0.15, 0.2) is 146 Å². The molecule has 0 spiro atoms. The first-order valence-electron chi connectivity index (χ1n) is 11.7. The largest absolute Gasteiger partial charge is 3.00 e. The minimum atomic E-state index is 0. The zero-order valence-corrected chi connectivity index (χ0v) is 22.4. The van der Waals surface area contributed by atoms with Crippen LogP contribution in [0.3, 0.4) is 0 Å². The summed E-state index contributed by atoms with van der Waals surface area (Å²) in [6.07, 6.45) is 6.92. The van der Waals surface area contributed by atoms with Crippen LogP contribution in [0.5, 0.6) is 0 Å². The molecule has 0 radical (unpaired) electrons. The molecule has 0 N–H and O–H groups in total. The Bertz CT molecular complexity index is 1280. The van der Waals surface area contributed by atoms with Gasteiger partial charge in [0.2, 0.25) is 0 Å². The fourth-order valence-corrected chi connectivity index (χ4v) is 3.91. The molecule has 6 aromatic rings. The molecular weight excluding hydrogens is 633 g/mol. The molecule has 2 aromatic heterocycles. The van der Waals surface area contributed by atoms with E-state index in [2.05, 4.69) is 68.5 Å². The second kappa shape index (κ2) is 13.1. The van der Waals surface area contributed by atoms with E-state index in [4.69, 9.17) is 0 Å². The summed E-state index contributed by atoms with van der Waals surface area (Å²) >= 11 is 0. The molecule has 0 atom stereocenters. The second-order valence-corrected chi connectivity index (χ2v) is 7.97. The van der Waals surface area contributed by atoms with Crippen LogP contribution in [0, 0.1) is 0 Å². The predicted molar refractivity (Wildman–Crippen MR) is 146 cm³/mol. The molecule has 0 saturated heterocycles. The molecule has 4 nitrogen and oxygen atoms in total. The molecular formula is C32H24IrN4+3. The van der Waals surface area contributed by atoms with E-state index in [1.807, 2.05) is 72.8 Å². The van der Waals surface area contributed by atoms with E-state index in [1.165, 1.54) is 0 Å². The minimum Gasteiger partial charge on any atom is -0.252 e. The van der Waals surface area contributed by atoms with Gasteiger partial charge in [-0.1, -0.05) is 121 Å². The third-order valence-corrected chi connectivity index (χ3v) is 5.59. The predicted octanol–water partition coefficient (Wildman–Crippen LogP) is 7.62. The normalized spacial score (nSPS) is 9.95. The third-order valence-electron chi connectivity index (χ3n) is 5.59. The standard InChI is InChI=1S/2C16H12N2.Ir/c2*1-3-7-13(8-4-1)15-16(18-12-11-17-15)14-9-5-2-6-10-14;/h2*1-12H;/q;;+3. The molecule has 2 heterocycles. The van der Waals surface area contributed by atoms with E-state index in [1.54, 1.807) is 24.8 Å². The summed E-state index contributed by atoms with van der Waals surface area (Å²) in [7, 11) is 0. The van der Waals surface area contributed by atoms with Gasteiger partial charge in [0.25, 0.3) is 0 Å². The van der Waals surface area contributed by atoms with Crippen molar-refractivity contribution in [2.24, 2.45) is 0 Å². The Morgan fingerprint density at radius 2 is 0.459 bits per heavy atom. The monoisotopic (exact) mass is 657 g/mol. The topological polar surface area (TPSA) is 51.6 Å². The summed E-state index contributed by atoms with van der Waals surface area (Å²) in [6.45, 7) is 0. The van der Waals surface area contributed by atoms with Gasteiger partial charge < -0.3 is 0 Å². The van der Waals surface area contributed by atoms with Gasteiger partial charge in [-0.2, -0.15) is 0 Å². The van der Waals surface area contributed by atoms with Gasteiger partial charge >= 0.3 is 20.1 Å². The van der Waals surface area contributed by atoms with Crippen molar-refractivity contribution in [2.75, 3.05) is 0 Å². The van der Waals surface area contributed by atoms with Crippen LogP contribution in [-0.2, 0) is 20.1 Å². The molecule has 0 amide bonds. The molecule has 0 aliphatic carbocycles. The van der Waals surface area contributed by atoms with Crippen molar-refractivity contribution in [2.45, 2.75) is 0 Å². The molecule has 4 aromatic carbocycles. The summed E-state index contributed by atoms with van der Waals surface area (Å²) in [5.74, 6) is 0. The van der Waals surface area contributed by atoms with E-state index in [0.717, 1.165) is 45.0 Å². The Morgan fingerprint density at radius 3 is 0.649 bits per heavy atom. The maximum absolute atomic E-state index is 4.46. The molecule has 0 bridgehead atoms. The van der Waals surface area contributed by atoms with Crippen molar-refractivity contribution in [3.63, 3.8) is 0 Å². The number of aromatic nitrogens is 4. The Hall–Kier alpha value is -4.31. The van der Waals surface area contributed by atoms with Crippen molar-refractivity contribution >= 4 is 0 Å². The Labute approximate surface area is 230 Å². The first-order chi connectivity index (χ1) is 17.9. The van der Waals surface area contributed by atoms with Crippen LogP contribution in [-0.4, -0.2) is 19.9 Å². The maximum atomic E-state index is 4.46. The van der Waals surface area contributed by atoms with E-state index < -0.39 is 0 Å². The Balaban J connectivity index is 0.000000168. The van der Waals surface area contributed by atoms with Crippen molar-refractivity contribution in [3.05, 3.63) is 146 Å². The molecule has 37 heavy (non-hydrogen) atoms. The van der Waals surface area contributed by atoms with Crippen molar-refractivity contribution in [1.82, 2.24) is 19.9 Å². The molecule has 0 aliphatic heterocycles. The average molecular weight is 657 g/mol. The van der Waals surface area contributed by atoms with Crippen molar-refractivity contribution in [3.8, 4) is 45.0 Å². The smallest absolute Gasteiger partial charge is 0.252 e. The number of rotatable bonds is 4. The van der Waals surface area contributed by atoms with Crippen LogP contribution in [0.25, 0.3) is 45.0 Å². The van der Waals surface area contributed by atoms with E-state index >= 15 is 0 Å². The molecule has 0 unspecified atom stereocenters. The first-order valence-corrected chi connectivity index (χ1v) is 11.7. The van der Waals surface area contributed by atoms with Crippen molar-refractivity contribution < 1.29 is 20.1 Å². The van der Waals surface area contributed by atoms with Crippen LogP contribution < -0.4 is 0 Å². The average Bonchev–Trinajstić information content (AvgIpc) is 2.99. The molecule has 178 valence electrons. The van der Waals surface area contributed by atoms with E-state index in [0.29, 0.717) is 0 Å². The third kappa shape index (κ3) is 6.47. The van der Waals surface area contributed by atoms with Crippen LogP contribution in [0.4, 0.5) is 0 Å². The first kappa shape index (κ1) is 25.8. The summed E-state index contributed by atoms with van der Waals surface area (Å²) in [4.78, 5) is 17.9. The van der Waals surface area contributed by atoms with E-state index in [9.17, 15) is 0 Å². The molecule has 5 heteroatoms. The Kier molecular flexibility index (Phi) is 9.14. The van der Waals surface area contributed by atoms with E-state index in [-0.39, 0.29) is 20.1 Å². The fourth-order valence-electron chi connectivity index (χ4n) is 3.91. The SMILES string of the molecule is [Ir+3].c1ccc(-c2nccnc2-c2ccccc2)cc1.c1ccc(-c2nccnc2-c2ccccc2)cc1. The maximum Gasteiger partial charge on any atom is 3.00 e. The van der Waals surface area contributed by atoms with Gasteiger partial charge in [0.15, 0.2) is 0 Å². The van der Waals surface area contributed by atoms with Gasteiger partial charge in [-0.15, -0.1) is 0 Å². The molecule has 0 fully saturated rings. The number of nitrogens with zero attached hydrogens (tertiary/aromatic N) is 4. The number of benzene rings is 4. The fraction of sp³-hybridized carbons (Fsp3) is 0. The van der Waals surface area contributed by atoms with Gasteiger partial charge in [0.1, 0.15) is 0 Å². The summed E-state index contributed by atoms with van der Waals surface area (Å²) in [5, 5.41) is 0. The van der Waals surface area contributed by atoms with Gasteiger partial charge in [0, 0.05) is 47.0 Å². The van der Waals surface area contributed by atoms with Crippen molar-refractivity contribution in [1.29, 1.82) is 0 Å². The zero-order valence-electron chi connectivity index (χ0n) is 20.0. The molecule has 0 saturated carbocycles. The molecule has 0 aliphatic rings. The minimum absolute atomic E-state index is 0. The van der Waals surface area contributed by atoms with Gasteiger partial charge in [-0.05, 0) is 0 Å². The quantitative estimate of drug-likeness (QED) is 0.196. The summed E-state index contributed by atoms with van der Waals surface area (Å²) in [5.41, 5.74) is 8.03. The zero-order chi connectivity index (χ0) is 24.4. The van der Waals surface area contributed by atoms with Crippen LogP contribution >= 0.6 is 0 Å². The number of hydrogen-bond donors (Lipinski definition) is 0.